The second-order valence-electron chi connectivity index (χ2n) is 5.92. The third-order valence-corrected chi connectivity index (χ3v) is 4.31. The Bertz CT molecular complexity index is 717. The van der Waals surface area contributed by atoms with Crippen molar-refractivity contribution in [1.29, 1.82) is 5.26 Å². The topological polar surface area (TPSA) is 70.1 Å². The van der Waals surface area contributed by atoms with Gasteiger partial charge >= 0.3 is 0 Å². The molecule has 1 aliphatic rings. The normalized spacial score (nSPS) is 18.6. The van der Waals surface area contributed by atoms with Gasteiger partial charge in [-0.05, 0) is 25.3 Å². The van der Waals surface area contributed by atoms with Crippen LogP contribution in [0, 0.1) is 18.3 Å². The Kier molecular flexibility index (Phi) is 4.42. The summed E-state index contributed by atoms with van der Waals surface area (Å²) in [5, 5.41) is 13.5. The third kappa shape index (κ3) is 3.26. The number of carbonyl (C=O) groups excluding carboxylic acids is 1. The van der Waals surface area contributed by atoms with Gasteiger partial charge in [-0.2, -0.15) is 5.26 Å². The summed E-state index contributed by atoms with van der Waals surface area (Å²) in [6.45, 7) is 2.51. The number of rotatable bonds is 4. The molecule has 0 saturated carbocycles. The standard InChI is InChI=1S/C18H19N3O2/c1-13-10-15(20-23-13)11-18(22)21-9-5-8-17(21)16(12-19)14-6-3-2-4-7-14/h2-4,6-7,10,16-17H,5,8-9,11H2,1H3/t16-,17-/m0/s1. The molecule has 2 atom stereocenters. The molecule has 0 N–H and O–H groups in total. The first kappa shape index (κ1) is 15.3. The Hall–Kier alpha value is -2.61. The Morgan fingerprint density at radius 2 is 2.26 bits per heavy atom. The molecule has 0 radical (unpaired) electrons. The molecule has 1 aromatic carbocycles. The smallest absolute Gasteiger partial charge is 0.229 e. The van der Waals surface area contributed by atoms with Gasteiger partial charge in [-0.15, -0.1) is 0 Å². The van der Waals surface area contributed by atoms with Crippen LogP contribution in [0.5, 0.6) is 0 Å². The number of aromatic nitrogens is 1. The van der Waals surface area contributed by atoms with E-state index in [0.717, 1.165) is 18.4 Å². The lowest BCUT2D eigenvalue weighted by Crippen LogP contribution is -2.39. The molecule has 2 heterocycles. The van der Waals surface area contributed by atoms with E-state index < -0.39 is 0 Å². The molecule has 1 fully saturated rings. The molecule has 1 aromatic heterocycles. The van der Waals surface area contributed by atoms with E-state index >= 15 is 0 Å². The SMILES string of the molecule is Cc1cc(CC(=O)N2CCC[C@H]2[C@@H](C#N)c2ccccc2)no1. The van der Waals surface area contributed by atoms with E-state index in [0.29, 0.717) is 18.0 Å². The Labute approximate surface area is 135 Å². The lowest BCUT2D eigenvalue weighted by Gasteiger charge is -2.28. The highest BCUT2D eigenvalue weighted by molar-refractivity contribution is 5.79. The van der Waals surface area contributed by atoms with Crippen molar-refractivity contribution >= 4 is 5.91 Å². The van der Waals surface area contributed by atoms with Crippen molar-refractivity contribution in [3.8, 4) is 6.07 Å². The molecule has 5 heteroatoms. The highest BCUT2D eigenvalue weighted by Crippen LogP contribution is 2.31. The van der Waals surface area contributed by atoms with Crippen LogP contribution >= 0.6 is 0 Å². The summed E-state index contributed by atoms with van der Waals surface area (Å²) in [4.78, 5) is 14.5. The summed E-state index contributed by atoms with van der Waals surface area (Å²) in [5.74, 6) is 0.420. The van der Waals surface area contributed by atoms with Gasteiger partial charge in [-0.3, -0.25) is 4.79 Å². The van der Waals surface area contributed by atoms with Crippen LogP contribution < -0.4 is 0 Å². The molecule has 0 unspecified atom stereocenters. The van der Waals surface area contributed by atoms with Crippen LogP contribution in [-0.2, 0) is 11.2 Å². The molecule has 0 bridgehead atoms. The first-order valence-corrected chi connectivity index (χ1v) is 7.85. The number of carbonyl (C=O) groups is 1. The minimum absolute atomic E-state index is 0.0111. The van der Waals surface area contributed by atoms with Gasteiger partial charge < -0.3 is 9.42 Å². The van der Waals surface area contributed by atoms with Gasteiger partial charge in [0.15, 0.2) is 0 Å². The van der Waals surface area contributed by atoms with E-state index in [-0.39, 0.29) is 24.3 Å². The summed E-state index contributed by atoms with van der Waals surface area (Å²) in [6.07, 6.45) is 2.01. The van der Waals surface area contributed by atoms with Crippen molar-refractivity contribution in [1.82, 2.24) is 10.1 Å². The fourth-order valence-corrected chi connectivity index (χ4v) is 3.25. The first-order chi connectivity index (χ1) is 11.2. The molecule has 3 rings (SSSR count). The fourth-order valence-electron chi connectivity index (χ4n) is 3.25. The largest absolute Gasteiger partial charge is 0.361 e. The van der Waals surface area contributed by atoms with E-state index in [9.17, 15) is 10.1 Å². The van der Waals surface area contributed by atoms with E-state index in [2.05, 4.69) is 11.2 Å². The number of nitrogens with zero attached hydrogens (tertiary/aromatic N) is 3. The first-order valence-electron chi connectivity index (χ1n) is 7.85. The number of hydrogen-bond acceptors (Lipinski definition) is 4. The predicted molar refractivity (Wildman–Crippen MR) is 84.5 cm³/mol. The lowest BCUT2D eigenvalue weighted by molar-refractivity contribution is -0.131. The minimum Gasteiger partial charge on any atom is -0.361 e. The van der Waals surface area contributed by atoms with Crippen LogP contribution in [0.4, 0.5) is 0 Å². The van der Waals surface area contributed by atoms with Crippen molar-refractivity contribution in [2.75, 3.05) is 6.54 Å². The quantitative estimate of drug-likeness (QED) is 0.870. The highest BCUT2D eigenvalue weighted by atomic mass is 16.5. The number of benzene rings is 1. The van der Waals surface area contributed by atoms with Crippen LogP contribution in [-0.4, -0.2) is 28.6 Å². The molecule has 5 nitrogen and oxygen atoms in total. The summed E-state index contributed by atoms with van der Waals surface area (Å²) >= 11 is 0. The number of hydrogen-bond donors (Lipinski definition) is 0. The molecule has 0 spiro atoms. The molecule has 1 aliphatic heterocycles. The van der Waals surface area contributed by atoms with Crippen LogP contribution in [0.3, 0.4) is 0 Å². The fraction of sp³-hybridized carbons (Fsp3) is 0.389. The zero-order valence-electron chi connectivity index (χ0n) is 13.1. The van der Waals surface area contributed by atoms with Crippen molar-refractivity contribution in [3.63, 3.8) is 0 Å². The van der Waals surface area contributed by atoms with E-state index in [1.165, 1.54) is 0 Å². The van der Waals surface area contributed by atoms with Crippen LogP contribution in [0.15, 0.2) is 40.9 Å². The van der Waals surface area contributed by atoms with Gasteiger partial charge in [0.1, 0.15) is 5.76 Å². The molecule has 0 aliphatic carbocycles. The Morgan fingerprint density at radius 1 is 1.48 bits per heavy atom. The van der Waals surface area contributed by atoms with Crippen LogP contribution in [0.2, 0.25) is 0 Å². The average molecular weight is 309 g/mol. The Balaban J connectivity index is 1.76. The van der Waals surface area contributed by atoms with E-state index in [1.54, 1.807) is 13.0 Å². The van der Waals surface area contributed by atoms with Crippen molar-refractivity contribution in [2.45, 2.75) is 38.1 Å². The Morgan fingerprint density at radius 3 is 2.91 bits per heavy atom. The summed E-state index contributed by atoms with van der Waals surface area (Å²) in [5.41, 5.74) is 1.61. The van der Waals surface area contributed by atoms with Crippen LogP contribution in [0.1, 0.15) is 35.8 Å². The molecule has 118 valence electrons. The molecular formula is C18H19N3O2. The zero-order valence-corrected chi connectivity index (χ0v) is 13.1. The molecule has 2 aromatic rings. The summed E-state index contributed by atoms with van der Waals surface area (Å²) in [7, 11) is 0. The third-order valence-electron chi connectivity index (χ3n) is 4.31. The lowest BCUT2D eigenvalue weighted by atomic mass is 9.91. The van der Waals surface area contributed by atoms with Gasteiger partial charge in [0.25, 0.3) is 0 Å². The number of likely N-dealkylation sites (tertiary alicyclic amines) is 1. The van der Waals surface area contributed by atoms with Crippen LogP contribution in [0.25, 0.3) is 0 Å². The van der Waals surface area contributed by atoms with Gasteiger partial charge in [0, 0.05) is 12.6 Å². The molecule has 1 amide bonds. The predicted octanol–water partition coefficient (Wildman–Crippen LogP) is 2.82. The number of aryl methyl sites for hydroxylation is 1. The minimum atomic E-state index is -0.290. The van der Waals surface area contributed by atoms with Gasteiger partial charge in [0.2, 0.25) is 5.91 Å². The van der Waals surface area contributed by atoms with Crippen molar-refractivity contribution in [2.24, 2.45) is 0 Å². The highest BCUT2D eigenvalue weighted by Gasteiger charge is 2.35. The average Bonchev–Trinajstić information content (AvgIpc) is 3.19. The van der Waals surface area contributed by atoms with Crippen molar-refractivity contribution < 1.29 is 9.32 Å². The molecule has 23 heavy (non-hydrogen) atoms. The maximum atomic E-state index is 12.6. The second-order valence-corrected chi connectivity index (χ2v) is 5.92. The monoisotopic (exact) mass is 309 g/mol. The molecule has 1 saturated heterocycles. The van der Waals surface area contributed by atoms with E-state index in [1.807, 2.05) is 35.2 Å². The second kappa shape index (κ2) is 6.66. The number of nitriles is 1. The van der Waals surface area contributed by atoms with Gasteiger partial charge in [0.05, 0.1) is 30.1 Å². The van der Waals surface area contributed by atoms with Crippen molar-refractivity contribution in [3.05, 3.63) is 53.4 Å². The zero-order chi connectivity index (χ0) is 16.2. The van der Waals surface area contributed by atoms with E-state index in [4.69, 9.17) is 4.52 Å². The number of amides is 1. The summed E-state index contributed by atoms with van der Waals surface area (Å²) in [6, 6.07) is 13.8. The van der Waals surface area contributed by atoms with Gasteiger partial charge in [-0.25, -0.2) is 0 Å². The maximum Gasteiger partial charge on any atom is 0.229 e. The maximum absolute atomic E-state index is 12.6. The van der Waals surface area contributed by atoms with Gasteiger partial charge in [-0.1, -0.05) is 35.5 Å². The summed E-state index contributed by atoms with van der Waals surface area (Å²) < 4.78 is 5.02. The molecular weight excluding hydrogens is 290 g/mol.